The number of carbonyl (C=O) groups excluding carboxylic acids is 2. The third-order valence-corrected chi connectivity index (χ3v) is 6.44. The summed E-state index contributed by atoms with van der Waals surface area (Å²) in [6, 6.07) is 23.7. The van der Waals surface area contributed by atoms with Crippen LogP contribution >= 0.6 is 0 Å². The summed E-state index contributed by atoms with van der Waals surface area (Å²) in [5.41, 5.74) is 8.92. The van der Waals surface area contributed by atoms with Crippen LogP contribution in [0.2, 0.25) is 0 Å². The van der Waals surface area contributed by atoms with Crippen molar-refractivity contribution in [3.8, 4) is 6.07 Å². The molecule has 35 heavy (non-hydrogen) atoms. The summed E-state index contributed by atoms with van der Waals surface area (Å²) in [6.45, 7) is 0.407. The third-order valence-electron chi connectivity index (χ3n) is 6.44. The molecule has 3 aromatic rings. The van der Waals surface area contributed by atoms with Crippen LogP contribution in [0.3, 0.4) is 0 Å². The van der Waals surface area contributed by atoms with E-state index in [4.69, 9.17) is 11.0 Å². The monoisotopic (exact) mass is 470 g/mol. The molecule has 7 heteroatoms. The fourth-order valence-corrected chi connectivity index (χ4v) is 4.63. The SMILES string of the molecule is N#Cc1ccc(CNC(=O)[C@@H]2CCCN2C(=O)[C@H](N)C(c2ccccc2)c2ccccc2)c(F)c1. The fourth-order valence-electron chi connectivity index (χ4n) is 4.63. The van der Waals surface area contributed by atoms with E-state index in [1.807, 2.05) is 66.7 Å². The predicted molar refractivity (Wildman–Crippen MR) is 130 cm³/mol. The number of likely N-dealkylation sites (tertiary alicyclic amines) is 1. The number of amides is 2. The molecule has 0 spiro atoms. The van der Waals surface area contributed by atoms with Crippen LogP contribution in [0.4, 0.5) is 4.39 Å². The Morgan fingerprint density at radius 1 is 1.06 bits per heavy atom. The maximum Gasteiger partial charge on any atom is 0.243 e. The van der Waals surface area contributed by atoms with E-state index >= 15 is 0 Å². The first kappa shape index (κ1) is 24.1. The van der Waals surface area contributed by atoms with Crippen molar-refractivity contribution in [1.82, 2.24) is 10.2 Å². The molecular formula is C28H27FN4O2. The van der Waals surface area contributed by atoms with E-state index in [1.54, 1.807) is 4.90 Å². The van der Waals surface area contributed by atoms with E-state index in [-0.39, 0.29) is 35.4 Å². The highest BCUT2D eigenvalue weighted by atomic mass is 19.1. The van der Waals surface area contributed by atoms with Gasteiger partial charge >= 0.3 is 0 Å². The molecule has 0 saturated carbocycles. The van der Waals surface area contributed by atoms with E-state index in [1.165, 1.54) is 12.1 Å². The average Bonchev–Trinajstić information content (AvgIpc) is 3.39. The molecule has 6 nitrogen and oxygen atoms in total. The zero-order chi connectivity index (χ0) is 24.8. The number of halogens is 1. The maximum absolute atomic E-state index is 14.2. The Hall–Kier alpha value is -4.02. The van der Waals surface area contributed by atoms with E-state index in [0.29, 0.717) is 19.4 Å². The van der Waals surface area contributed by atoms with Crippen molar-refractivity contribution in [2.75, 3.05) is 6.54 Å². The standard InChI is InChI=1S/C28H27FN4O2/c29-23-16-19(17-30)13-14-22(23)18-32-27(34)24-12-7-15-33(24)28(35)26(31)25(20-8-3-1-4-9-20)21-10-5-2-6-11-21/h1-6,8-11,13-14,16,24-26H,7,12,15,18,31H2,(H,32,34)/t24-,26+/m0/s1. The number of nitrogens with one attached hydrogen (secondary N) is 1. The molecule has 1 fully saturated rings. The summed E-state index contributed by atoms with van der Waals surface area (Å²) < 4.78 is 14.2. The van der Waals surface area contributed by atoms with E-state index in [2.05, 4.69) is 5.32 Å². The number of benzene rings is 3. The van der Waals surface area contributed by atoms with Gasteiger partial charge < -0.3 is 16.0 Å². The lowest BCUT2D eigenvalue weighted by molar-refractivity contribution is -0.139. The zero-order valence-corrected chi connectivity index (χ0v) is 19.2. The largest absolute Gasteiger partial charge is 0.350 e. The first-order valence-corrected chi connectivity index (χ1v) is 11.6. The molecule has 3 aromatic carbocycles. The number of hydrogen-bond donors (Lipinski definition) is 2. The predicted octanol–water partition coefficient (Wildman–Crippen LogP) is 3.46. The molecule has 2 amide bonds. The minimum absolute atomic E-state index is 0.0301. The van der Waals surface area contributed by atoms with Crippen molar-refractivity contribution in [2.24, 2.45) is 5.73 Å². The lowest BCUT2D eigenvalue weighted by atomic mass is 9.84. The number of carbonyl (C=O) groups is 2. The first-order chi connectivity index (χ1) is 17.0. The Balaban J connectivity index is 1.49. The van der Waals surface area contributed by atoms with E-state index in [9.17, 15) is 14.0 Å². The molecule has 0 aliphatic carbocycles. The number of nitrogens with two attached hydrogens (primary N) is 1. The lowest BCUT2D eigenvalue weighted by Gasteiger charge is -2.31. The molecule has 4 rings (SSSR count). The lowest BCUT2D eigenvalue weighted by Crippen LogP contribution is -2.52. The van der Waals surface area contributed by atoms with Gasteiger partial charge in [0.2, 0.25) is 11.8 Å². The number of hydrogen-bond acceptors (Lipinski definition) is 4. The van der Waals surface area contributed by atoms with Crippen molar-refractivity contribution < 1.29 is 14.0 Å². The summed E-state index contributed by atoms with van der Waals surface area (Å²) in [5, 5.41) is 11.6. The smallest absolute Gasteiger partial charge is 0.243 e. The van der Waals surface area contributed by atoms with Crippen molar-refractivity contribution in [2.45, 2.75) is 37.4 Å². The molecule has 0 radical (unpaired) electrons. The first-order valence-electron chi connectivity index (χ1n) is 11.6. The van der Waals surface area contributed by atoms with Gasteiger partial charge in [-0.25, -0.2) is 4.39 Å². The Bertz CT molecular complexity index is 1190. The van der Waals surface area contributed by atoms with Crippen molar-refractivity contribution in [1.29, 1.82) is 5.26 Å². The van der Waals surface area contributed by atoms with Gasteiger partial charge in [-0.3, -0.25) is 9.59 Å². The van der Waals surface area contributed by atoms with Crippen LogP contribution in [0, 0.1) is 17.1 Å². The fraction of sp³-hybridized carbons (Fsp3) is 0.250. The van der Waals surface area contributed by atoms with E-state index in [0.717, 1.165) is 17.2 Å². The van der Waals surface area contributed by atoms with Gasteiger partial charge in [-0.15, -0.1) is 0 Å². The van der Waals surface area contributed by atoms with Crippen LogP contribution in [-0.2, 0) is 16.1 Å². The van der Waals surface area contributed by atoms with Gasteiger partial charge in [-0.05, 0) is 36.1 Å². The molecule has 178 valence electrons. The van der Waals surface area contributed by atoms with Crippen LogP contribution in [0.5, 0.6) is 0 Å². The van der Waals surface area contributed by atoms with Crippen LogP contribution < -0.4 is 11.1 Å². The Labute approximate surface area is 204 Å². The second kappa shape index (κ2) is 10.9. The second-order valence-electron chi connectivity index (χ2n) is 8.65. The summed E-state index contributed by atoms with van der Waals surface area (Å²) in [7, 11) is 0. The molecule has 3 N–H and O–H groups in total. The topological polar surface area (TPSA) is 99.2 Å². The number of nitriles is 1. The minimum atomic E-state index is -0.871. The van der Waals surface area contributed by atoms with E-state index < -0.39 is 17.9 Å². The summed E-state index contributed by atoms with van der Waals surface area (Å²) in [5.74, 6) is -1.55. The molecule has 1 heterocycles. The molecular weight excluding hydrogens is 443 g/mol. The maximum atomic E-state index is 14.2. The van der Waals surface area contributed by atoms with Crippen molar-refractivity contribution >= 4 is 11.8 Å². The Morgan fingerprint density at radius 3 is 2.26 bits per heavy atom. The van der Waals surface area contributed by atoms with Gasteiger partial charge in [-0.1, -0.05) is 66.7 Å². The Morgan fingerprint density at radius 2 is 1.69 bits per heavy atom. The van der Waals surface area contributed by atoms with Gasteiger partial charge in [-0.2, -0.15) is 5.26 Å². The van der Waals surface area contributed by atoms with Crippen LogP contribution in [0.1, 0.15) is 41.0 Å². The third kappa shape index (κ3) is 5.39. The van der Waals surface area contributed by atoms with Gasteiger partial charge in [0.15, 0.2) is 0 Å². The highest BCUT2D eigenvalue weighted by Crippen LogP contribution is 2.30. The van der Waals surface area contributed by atoms with Crippen LogP contribution in [-0.4, -0.2) is 35.3 Å². The average molecular weight is 471 g/mol. The number of rotatable bonds is 7. The summed E-state index contributed by atoms with van der Waals surface area (Å²) in [4.78, 5) is 28.1. The number of nitrogens with zero attached hydrogens (tertiary/aromatic N) is 2. The summed E-state index contributed by atoms with van der Waals surface area (Å²) in [6.07, 6.45) is 1.20. The molecule has 2 atom stereocenters. The summed E-state index contributed by atoms with van der Waals surface area (Å²) >= 11 is 0. The van der Waals surface area contributed by atoms with Gasteiger partial charge in [0.25, 0.3) is 0 Å². The Kier molecular flexibility index (Phi) is 7.54. The van der Waals surface area contributed by atoms with Crippen molar-refractivity contribution in [3.05, 3.63) is 107 Å². The van der Waals surface area contributed by atoms with Crippen LogP contribution in [0.25, 0.3) is 0 Å². The molecule has 0 unspecified atom stereocenters. The molecule has 0 aromatic heterocycles. The molecule has 1 aliphatic rings. The van der Waals surface area contributed by atoms with Crippen LogP contribution in [0.15, 0.2) is 78.9 Å². The van der Waals surface area contributed by atoms with Gasteiger partial charge in [0, 0.05) is 24.6 Å². The highest BCUT2D eigenvalue weighted by Gasteiger charge is 2.39. The van der Waals surface area contributed by atoms with Gasteiger partial charge in [0.1, 0.15) is 11.9 Å². The quantitative estimate of drug-likeness (QED) is 0.552. The van der Waals surface area contributed by atoms with Crippen molar-refractivity contribution in [3.63, 3.8) is 0 Å². The molecule has 1 saturated heterocycles. The van der Waals surface area contributed by atoms with Gasteiger partial charge in [0.05, 0.1) is 17.7 Å². The highest BCUT2D eigenvalue weighted by molar-refractivity contribution is 5.91. The minimum Gasteiger partial charge on any atom is -0.350 e. The normalized spacial score (nSPS) is 16.1. The second-order valence-corrected chi connectivity index (χ2v) is 8.65. The molecule has 1 aliphatic heterocycles. The molecule has 0 bridgehead atoms. The zero-order valence-electron chi connectivity index (χ0n) is 19.2.